The lowest BCUT2D eigenvalue weighted by molar-refractivity contribution is 0.216. The zero-order chi connectivity index (χ0) is 18.2. The molecule has 0 N–H and O–H groups in total. The van der Waals surface area contributed by atoms with Gasteiger partial charge in [-0.05, 0) is 43.7 Å². The number of ether oxygens (including phenoxy) is 2. The Balaban J connectivity index is 1.68. The van der Waals surface area contributed by atoms with Crippen molar-refractivity contribution in [1.82, 2.24) is 0 Å². The molecule has 0 saturated heterocycles. The van der Waals surface area contributed by atoms with E-state index in [1.807, 2.05) is 60.7 Å². The molecule has 0 amide bonds. The van der Waals surface area contributed by atoms with E-state index in [0.29, 0.717) is 6.61 Å². The van der Waals surface area contributed by atoms with Gasteiger partial charge in [-0.25, -0.2) is 0 Å². The summed E-state index contributed by atoms with van der Waals surface area (Å²) in [6.07, 6.45) is -0.0771. The molecule has 1 unspecified atom stereocenters. The summed E-state index contributed by atoms with van der Waals surface area (Å²) in [7, 11) is 0. The van der Waals surface area contributed by atoms with Crippen LogP contribution in [0.25, 0.3) is 0 Å². The van der Waals surface area contributed by atoms with Gasteiger partial charge >= 0.3 is 0 Å². The Bertz CT molecular complexity index is 790. The maximum absolute atomic E-state index is 6.08. The zero-order valence-electron chi connectivity index (χ0n) is 15.3. The third kappa shape index (κ3) is 4.79. The van der Waals surface area contributed by atoms with Crippen molar-refractivity contribution in [2.24, 2.45) is 0 Å². The van der Waals surface area contributed by atoms with E-state index in [1.165, 1.54) is 0 Å². The van der Waals surface area contributed by atoms with Crippen molar-refractivity contribution in [2.75, 3.05) is 11.4 Å². The van der Waals surface area contributed by atoms with Crippen LogP contribution in [-0.2, 0) is 6.61 Å². The molecule has 0 aliphatic rings. The fourth-order valence-corrected chi connectivity index (χ4v) is 2.90. The van der Waals surface area contributed by atoms with E-state index >= 15 is 0 Å². The molecule has 0 saturated carbocycles. The highest BCUT2D eigenvalue weighted by Gasteiger charge is 2.15. The second-order valence-corrected chi connectivity index (χ2v) is 6.09. The summed E-state index contributed by atoms with van der Waals surface area (Å²) in [4.78, 5) is 2.21. The molecule has 0 spiro atoms. The minimum atomic E-state index is -0.0771. The SMILES string of the molecule is CCN(c1cccc(OCc2ccccc2)c1)C(C)Oc1ccccc1. The van der Waals surface area contributed by atoms with E-state index < -0.39 is 0 Å². The van der Waals surface area contributed by atoms with Gasteiger partial charge in [-0.3, -0.25) is 0 Å². The van der Waals surface area contributed by atoms with Crippen molar-refractivity contribution < 1.29 is 9.47 Å². The van der Waals surface area contributed by atoms with Crippen molar-refractivity contribution in [1.29, 1.82) is 0 Å². The van der Waals surface area contributed by atoms with Gasteiger partial charge in [-0.2, -0.15) is 0 Å². The molecular weight excluding hydrogens is 322 g/mol. The van der Waals surface area contributed by atoms with Crippen LogP contribution in [0.2, 0.25) is 0 Å². The number of rotatable bonds is 8. The van der Waals surface area contributed by atoms with Crippen molar-refractivity contribution in [3.63, 3.8) is 0 Å². The summed E-state index contributed by atoms with van der Waals surface area (Å²) in [5.74, 6) is 1.73. The number of hydrogen-bond donors (Lipinski definition) is 0. The van der Waals surface area contributed by atoms with Crippen LogP contribution in [-0.4, -0.2) is 12.8 Å². The smallest absolute Gasteiger partial charge is 0.169 e. The minimum absolute atomic E-state index is 0.0771. The largest absolute Gasteiger partial charge is 0.489 e. The van der Waals surface area contributed by atoms with E-state index in [4.69, 9.17) is 9.47 Å². The maximum atomic E-state index is 6.08. The van der Waals surface area contributed by atoms with Gasteiger partial charge in [-0.15, -0.1) is 0 Å². The second kappa shape index (κ2) is 8.95. The maximum Gasteiger partial charge on any atom is 0.169 e. The van der Waals surface area contributed by atoms with Crippen molar-refractivity contribution in [3.05, 3.63) is 90.5 Å². The van der Waals surface area contributed by atoms with Gasteiger partial charge in [0.2, 0.25) is 0 Å². The van der Waals surface area contributed by atoms with Gasteiger partial charge in [0.05, 0.1) is 0 Å². The summed E-state index contributed by atoms with van der Waals surface area (Å²) in [6.45, 7) is 5.60. The highest BCUT2D eigenvalue weighted by Crippen LogP contribution is 2.25. The third-order valence-corrected chi connectivity index (χ3v) is 4.23. The Labute approximate surface area is 155 Å². The second-order valence-electron chi connectivity index (χ2n) is 6.09. The van der Waals surface area contributed by atoms with Crippen LogP contribution in [0, 0.1) is 0 Å². The molecule has 3 heteroatoms. The van der Waals surface area contributed by atoms with Gasteiger partial charge in [0.25, 0.3) is 0 Å². The molecule has 0 bridgehead atoms. The van der Waals surface area contributed by atoms with Crippen LogP contribution in [0.5, 0.6) is 11.5 Å². The first-order valence-electron chi connectivity index (χ1n) is 9.01. The lowest BCUT2D eigenvalue weighted by Gasteiger charge is -2.30. The predicted molar refractivity (Wildman–Crippen MR) is 107 cm³/mol. The molecule has 3 rings (SSSR count). The quantitative estimate of drug-likeness (QED) is 0.501. The molecule has 3 aromatic rings. The van der Waals surface area contributed by atoms with Gasteiger partial charge in [0.15, 0.2) is 6.23 Å². The fraction of sp³-hybridized carbons (Fsp3) is 0.217. The lowest BCUT2D eigenvalue weighted by atomic mass is 10.2. The van der Waals surface area contributed by atoms with E-state index in [0.717, 1.165) is 29.3 Å². The number of anilines is 1. The van der Waals surface area contributed by atoms with E-state index in [-0.39, 0.29) is 6.23 Å². The number of para-hydroxylation sites is 1. The summed E-state index contributed by atoms with van der Waals surface area (Å²) < 4.78 is 12.0. The molecule has 3 nitrogen and oxygen atoms in total. The van der Waals surface area contributed by atoms with E-state index in [2.05, 4.69) is 43.0 Å². The van der Waals surface area contributed by atoms with Gasteiger partial charge in [0, 0.05) is 18.3 Å². The molecule has 0 aliphatic heterocycles. The summed E-state index contributed by atoms with van der Waals surface area (Å²) in [6, 6.07) is 28.3. The highest BCUT2D eigenvalue weighted by atomic mass is 16.5. The normalized spacial score (nSPS) is 11.6. The first-order valence-corrected chi connectivity index (χ1v) is 9.01. The fourth-order valence-electron chi connectivity index (χ4n) is 2.90. The van der Waals surface area contributed by atoms with Crippen LogP contribution >= 0.6 is 0 Å². The number of hydrogen-bond acceptors (Lipinski definition) is 3. The van der Waals surface area contributed by atoms with E-state index in [1.54, 1.807) is 0 Å². The van der Waals surface area contributed by atoms with Gasteiger partial charge < -0.3 is 14.4 Å². The first-order chi connectivity index (χ1) is 12.8. The lowest BCUT2D eigenvalue weighted by Crippen LogP contribution is -2.37. The molecule has 0 aromatic heterocycles. The third-order valence-electron chi connectivity index (χ3n) is 4.23. The Morgan fingerprint density at radius 3 is 2.15 bits per heavy atom. The van der Waals surface area contributed by atoms with Crippen LogP contribution < -0.4 is 14.4 Å². The molecule has 3 aromatic carbocycles. The average molecular weight is 347 g/mol. The molecule has 134 valence electrons. The summed E-state index contributed by atoms with van der Waals surface area (Å²) in [5.41, 5.74) is 2.24. The van der Waals surface area contributed by atoms with E-state index in [9.17, 15) is 0 Å². The summed E-state index contributed by atoms with van der Waals surface area (Å²) in [5, 5.41) is 0. The molecule has 0 heterocycles. The van der Waals surface area contributed by atoms with Crippen LogP contribution in [0.4, 0.5) is 5.69 Å². The average Bonchev–Trinajstić information content (AvgIpc) is 2.69. The minimum Gasteiger partial charge on any atom is -0.489 e. The molecule has 0 radical (unpaired) electrons. The van der Waals surface area contributed by atoms with Gasteiger partial charge in [-0.1, -0.05) is 54.6 Å². The van der Waals surface area contributed by atoms with Crippen LogP contribution in [0.3, 0.4) is 0 Å². The molecule has 1 atom stereocenters. The highest BCUT2D eigenvalue weighted by molar-refractivity contribution is 5.51. The molecular formula is C23H25NO2. The molecule has 0 fully saturated rings. The van der Waals surface area contributed by atoms with Crippen molar-refractivity contribution >= 4 is 5.69 Å². The number of nitrogens with zero attached hydrogens (tertiary/aromatic N) is 1. The molecule has 0 aliphatic carbocycles. The Kier molecular flexibility index (Phi) is 6.15. The monoisotopic (exact) mass is 347 g/mol. The predicted octanol–water partition coefficient (Wildman–Crippen LogP) is 5.52. The standard InChI is InChI=1S/C23H25NO2/c1-3-24(19(2)26-22-14-8-5-9-15-22)21-13-10-16-23(17-21)25-18-20-11-6-4-7-12-20/h4-17,19H,3,18H2,1-2H3. The first kappa shape index (κ1) is 17.9. The molecule has 26 heavy (non-hydrogen) atoms. The summed E-state index contributed by atoms with van der Waals surface area (Å²) >= 11 is 0. The Hall–Kier alpha value is -2.94. The topological polar surface area (TPSA) is 21.7 Å². The Morgan fingerprint density at radius 1 is 0.808 bits per heavy atom. The van der Waals surface area contributed by atoms with Crippen LogP contribution in [0.1, 0.15) is 19.4 Å². The van der Waals surface area contributed by atoms with Gasteiger partial charge in [0.1, 0.15) is 18.1 Å². The number of benzene rings is 3. The Morgan fingerprint density at radius 2 is 1.46 bits per heavy atom. The zero-order valence-corrected chi connectivity index (χ0v) is 15.3. The van der Waals surface area contributed by atoms with Crippen molar-refractivity contribution in [2.45, 2.75) is 26.7 Å². The van der Waals surface area contributed by atoms with Crippen molar-refractivity contribution in [3.8, 4) is 11.5 Å². The van der Waals surface area contributed by atoms with Crippen LogP contribution in [0.15, 0.2) is 84.9 Å².